The van der Waals surface area contributed by atoms with Gasteiger partial charge in [-0.15, -0.1) is 0 Å². The molecule has 6 heteroatoms. The van der Waals surface area contributed by atoms with E-state index in [0.29, 0.717) is 6.42 Å². The van der Waals surface area contributed by atoms with Gasteiger partial charge in [0, 0.05) is 0 Å². The fourth-order valence-electron chi connectivity index (χ4n) is 2.09. The predicted molar refractivity (Wildman–Crippen MR) is 77.3 cm³/mol. The number of hydrogen-bond donors (Lipinski definition) is 0. The summed E-state index contributed by atoms with van der Waals surface area (Å²) >= 11 is 0.130. The summed E-state index contributed by atoms with van der Waals surface area (Å²) in [5, 5.41) is 0.0183. The summed E-state index contributed by atoms with van der Waals surface area (Å²) in [6.07, 6.45) is -0.0914. The summed E-state index contributed by atoms with van der Waals surface area (Å²) in [7, 11) is 0. The second-order valence-electron chi connectivity index (χ2n) is 4.72. The summed E-state index contributed by atoms with van der Waals surface area (Å²) < 4.78 is 17.4. The summed E-state index contributed by atoms with van der Waals surface area (Å²) in [6.45, 7) is 2.84. The maximum atomic E-state index is 11.2. The third kappa shape index (κ3) is 5.16. The SMILES string of the molecule is CC(=O)OC[C@H]1OC([Se]c2ccccc2)C[C@H]1OC(C)=O. The fraction of sp³-hybridized carbons (Fsp3) is 0.467. The van der Waals surface area contributed by atoms with Gasteiger partial charge in [0.15, 0.2) is 0 Å². The topological polar surface area (TPSA) is 61.8 Å². The van der Waals surface area contributed by atoms with Gasteiger partial charge in [-0.05, 0) is 0 Å². The third-order valence-electron chi connectivity index (χ3n) is 2.94. The van der Waals surface area contributed by atoms with Crippen LogP contribution in [0, 0.1) is 0 Å². The number of carbonyl (C=O) groups excluding carboxylic acids is 2. The molecule has 0 amide bonds. The molecular weight excluding hydrogens is 339 g/mol. The quantitative estimate of drug-likeness (QED) is 0.571. The minimum absolute atomic E-state index is 0.0183. The molecule has 0 N–H and O–H groups in total. The molecule has 3 atom stereocenters. The molecule has 0 saturated carbocycles. The molecule has 0 radical (unpaired) electrons. The monoisotopic (exact) mass is 358 g/mol. The molecule has 114 valence electrons. The molecule has 1 unspecified atom stereocenters. The van der Waals surface area contributed by atoms with Crippen molar-refractivity contribution in [2.75, 3.05) is 6.61 Å². The standard InChI is InChI=1S/C15H18O5Se/c1-10(16)18-9-14-13(19-11(2)17)8-15(20-14)21-12-6-4-3-5-7-12/h3-7,13-15H,8-9H2,1-2H3/t13-,14-,15?/m1/s1. The van der Waals surface area contributed by atoms with Crippen LogP contribution in [0.3, 0.4) is 0 Å². The molecule has 1 aromatic rings. The van der Waals surface area contributed by atoms with Crippen LogP contribution in [0.1, 0.15) is 20.3 Å². The third-order valence-corrected chi connectivity index (χ3v) is 5.28. The van der Waals surface area contributed by atoms with Crippen molar-refractivity contribution in [3.05, 3.63) is 30.3 Å². The van der Waals surface area contributed by atoms with Crippen molar-refractivity contribution in [3.63, 3.8) is 0 Å². The zero-order chi connectivity index (χ0) is 15.2. The molecule has 1 heterocycles. The Morgan fingerprint density at radius 1 is 1.24 bits per heavy atom. The Bertz CT molecular complexity index is 490. The Hall–Kier alpha value is -1.36. The molecule has 0 aliphatic carbocycles. The van der Waals surface area contributed by atoms with Gasteiger partial charge >= 0.3 is 130 Å². The normalized spacial score (nSPS) is 24.6. The number of hydrogen-bond acceptors (Lipinski definition) is 5. The molecular formula is C15H18O5Se. The summed E-state index contributed by atoms with van der Waals surface area (Å²) in [4.78, 5) is 22.1. The fourth-order valence-corrected chi connectivity index (χ4v) is 4.40. The summed E-state index contributed by atoms with van der Waals surface area (Å²) in [5.74, 6) is -0.707. The average Bonchev–Trinajstić information content (AvgIpc) is 2.78. The first-order valence-electron chi connectivity index (χ1n) is 6.72. The van der Waals surface area contributed by atoms with Gasteiger partial charge in [-0.1, -0.05) is 0 Å². The van der Waals surface area contributed by atoms with Crippen LogP contribution in [0.5, 0.6) is 0 Å². The second-order valence-corrected chi connectivity index (χ2v) is 7.31. The molecule has 1 aliphatic heterocycles. The van der Waals surface area contributed by atoms with E-state index in [1.54, 1.807) is 0 Å². The molecule has 0 aromatic heterocycles. The van der Waals surface area contributed by atoms with Crippen molar-refractivity contribution in [1.82, 2.24) is 0 Å². The first kappa shape index (κ1) is 16.0. The molecule has 1 fully saturated rings. The van der Waals surface area contributed by atoms with Gasteiger partial charge in [-0.3, -0.25) is 0 Å². The first-order chi connectivity index (χ1) is 10.0. The number of benzene rings is 1. The minimum atomic E-state index is -0.381. The zero-order valence-electron chi connectivity index (χ0n) is 12.0. The van der Waals surface area contributed by atoms with E-state index in [9.17, 15) is 9.59 Å². The van der Waals surface area contributed by atoms with Crippen molar-refractivity contribution < 1.29 is 23.8 Å². The van der Waals surface area contributed by atoms with E-state index in [1.165, 1.54) is 18.3 Å². The van der Waals surface area contributed by atoms with E-state index < -0.39 is 0 Å². The van der Waals surface area contributed by atoms with Crippen LogP contribution in [-0.4, -0.2) is 50.7 Å². The van der Waals surface area contributed by atoms with Crippen LogP contribution in [-0.2, 0) is 23.8 Å². The van der Waals surface area contributed by atoms with E-state index in [4.69, 9.17) is 14.2 Å². The van der Waals surface area contributed by atoms with E-state index in [1.807, 2.05) is 18.2 Å². The van der Waals surface area contributed by atoms with Crippen molar-refractivity contribution in [3.8, 4) is 0 Å². The van der Waals surface area contributed by atoms with E-state index >= 15 is 0 Å². The molecule has 0 spiro atoms. The van der Waals surface area contributed by atoms with Gasteiger partial charge in [-0.2, -0.15) is 0 Å². The van der Waals surface area contributed by atoms with Crippen LogP contribution in [0.4, 0.5) is 0 Å². The molecule has 5 nitrogen and oxygen atoms in total. The molecule has 1 aliphatic rings. The summed E-state index contributed by atoms with van der Waals surface area (Å²) in [5.41, 5.74) is 0. The van der Waals surface area contributed by atoms with Crippen molar-refractivity contribution in [2.24, 2.45) is 0 Å². The van der Waals surface area contributed by atoms with Crippen LogP contribution in [0.25, 0.3) is 0 Å². The molecule has 2 rings (SSSR count). The predicted octanol–water partition coefficient (Wildman–Crippen LogP) is 0.626. The Labute approximate surface area is 130 Å². The van der Waals surface area contributed by atoms with Gasteiger partial charge in [0.05, 0.1) is 0 Å². The van der Waals surface area contributed by atoms with Gasteiger partial charge in [0.25, 0.3) is 0 Å². The molecule has 21 heavy (non-hydrogen) atoms. The maximum absolute atomic E-state index is 11.2. The number of esters is 2. The van der Waals surface area contributed by atoms with Crippen molar-refractivity contribution in [2.45, 2.75) is 37.5 Å². The molecule has 0 bridgehead atoms. The van der Waals surface area contributed by atoms with E-state index in [0.717, 1.165) is 0 Å². The van der Waals surface area contributed by atoms with Crippen LogP contribution >= 0.6 is 0 Å². The molecule has 1 saturated heterocycles. The second kappa shape index (κ2) is 7.59. The average molecular weight is 357 g/mol. The summed E-state index contributed by atoms with van der Waals surface area (Å²) in [6, 6.07) is 10.1. The first-order valence-corrected chi connectivity index (χ1v) is 8.57. The Morgan fingerprint density at radius 3 is 2.57 bits per heavy atom. The number of rotatable bonds is 5. The Balaban J connectivity index is 1.95. The van der Waals surface area contributed by atoms with Crippen LogP contribution in [0.15, 0.2) is 30.3 Å². The van der Waals surface area contributed by atoms with Gasteiger partial charge in [0.1, 0.15) is 0 Å². The van der Waals surface area contributed by atoms with E-state index in [-0.39, 0.29) is 50.7 Å². The van der Waals surface area contributed by atoms with Crippen molar-refractivity contribution in [1.29, 1.82) is 0 Å². The van der Waals surface area contributed by atoms with Gasteiger partial charge in [-0.25, -0.2) is 0 Å². The van der Waals surface area contributed by atoms with Crippen LogP contribution in [0.2, 0.25) is 0 Å². The Morgan fingerprint density at radius 2 is 1.95 bits per heavy atom. The number of carbonyl (C=O) groups is 2. The van der Waals surface area contributed by atoms with Gasteiger partial charge in [0.2, 0.25) is 0 Å². The Kier molecular flexibility index (Phi) is 5.79. The van der Waals surface area contributed by atoms with Gasteiger partial charge < -0.3 is 0 Å². The van der Waals surface area contributed by atoms with Crippen molar-refractivity contribution >= 4 is 31.4 Å². The zero-order valence-corrected chi connectivity index (χ0v) is 13.7. The van der Waals surface area contributed by atoms with Crippen LogP contribution < -0.4 is 4.46 Å². The number of ether oxygens (including phenoxy) is 3. The van der Waals surface area contributed by atoms with E-state index in [2.05, 4.69) is 12.1 Å². The molecule has 1 aromatic carbocycles.